The van der Waals surface area contributed by atoms with E-state index in [1.807, 2.05) is 30.0 Å². The van der Waals surface area contributed by atoms with Crippen molar-refractivity contribution in [3.05, 3.63) is 60.2 Å². The maximum Gasteiger partial charge on any atom is 0.166 e. The van der Waals surface area contributed by atoms with Crippen molar-refractivity contribution in [1.82, 2.24) is 15.5 Å². The molecule has 1 fully saturated rings. The van der Waals surface area contributed by atoms with Crippen molar-refractivity contribution >= 4 is 29.1 Å². The fourth-order valence-electron chi connectivity index (χ4n) is 3.28. The van der Waals surface area contributed by atoms with Gasteiger partial charge in [0.25, 0.3) is 0 Å². The van der Waals surface area contributed by atoms with Crippen LogP contribution in [0.2, 0.25) is 0 Å². The number of methoxy groups -OCH3 is 1. The van der Waals surface area contributed by atoms with Crippen LogP contribution in [0.15, 0.2) is 59.5 Å². The van der Waals surface area contributed by atoms with Crippen LogP contribution < -0.4 is 15.4 Å². The van der Waals surface area contributed by atoms with Gasteiger partial charge in [0.15, 0.2) is 5.11 Å². The lowest BCUT2D eigenvalue weighted by Crippen LogP contribution is -2.45. The van der Waals surface area contributed by atoms with E-state index in [1.165, 1.54) is 10.5 Å². The molecule has 2 aromatic rings. The molecule has 7 heteroatoms. The van der Waals surface area contributed by atoms with E-state index in [4.69, 9.17) is 21.7 Å². The Balaban J connectivity index is 1.48. The van der Waals surface area contributed by atoms with Crippen LogP contribution in [-0.2, 0) is 4.74 Å². The van der Waals surface area contributed by atoms with E-state index in [1.54, 1.807) is 7.11 Å². The molecular formula is C22H29N3O2S2. The van der Waals surface area contributed by atoms with Gasteiger partial charge in [-0.1, -0.05) is 30.3 Å². The summed E-state index contributed by atoms with van der Waals surface area (Å²) >= 11 is 7.32. The van der Waals surface area contributed by atoms with Crippen LogP contribution in [-0.4, -0.2) is 62.3 Å². The van der Waals surface area contributed by atoms with E-state index in [0.717, 1.165) is 50.9 Å². The lowest BCUT2D eigenvalue weighted by molar-refractivity contribution is 0.0170. The molecule has 1 saturated heterocycles. The number of morpholine rings is 1. The van der Waals surface area contributed by atoms with Gasteiger partial charge in [0, 0.05) is 36.8 Å². The summed E-state index contributed by atoms with van der Waals surface area (Å²) in [6, 6.07) is 18.9. The molecule has 3 rings (SSSR count). The predicted octanol–water partition coefficient (Wildman–Crippen LogP) is 3.32. The number of nitrogens with zero attached hydrogens (tertiary/aromatic N) is 1. The first-order valence-corrected chi connectivity index (χ1v) is 11.3. The Bertz CT molecular complexity index is 737. The Morgan fingerprint density at radius 1 is 1.10 bits per heavy atom. The second kappa shape index (κ2) is 12.0. The average molecular weight is 432 g/mol. The van der Waals surface area contributed by atoms with Gasteiger partial charge in [-0.05, 0) is 42.0 Å². The largest absolute Gasteiger partial charge is 0.497 e. The molecule has 0 spiro atoms. The second-order valence-corrected chi connectivity index (χ2v) is 8.31. The summed E-state index contributed by atoms with van der Waals surface area (Å²) in [5, 5.41) is 7.42. The van der Waals surface area contributed by atoms with Crippen molar-refractivity contribution < 1.29 is 9.47 Å². The molecule has 5 nitrogen and oxygen atoms in total. The first-order valence-electron chi connectivity index (χ1n) is 9.91. The molecule has 1 aliphatic rings. The molecule has 0 radical (unpaired) electrons. The third kappa shape index (κ3) is 7.19. The van der Waals surface area contributed by atoms with Crippen LogP contribution in [0.3, 0.4) is 0 Å². The third-order valence-corrected chi connectivity index (χ3v) is 6.14. The molecule has 156 valence electrons. The summed E-state index contributed by atoms with van der Waals surface area (Å²) in [5.41, 5.74) is 1.25. The minimum atomic E-state index is 0.239. The Morgan fingerprint density at radius 2 is 1.83 bits per heavy atom. The van der Waals surface area contributed by atoms with E-state index < -0.39 is 0 Å². The van der Waals surface area contributed by atoms with E-state index >= 15 is 0 Å². The monoisotopic (exact) mass is 431 g/mol. The number of hydrogen-bond acceptors (Lipinski definition) is 5. The zero-order chi connectivity index (χ0) is 20.3. The van der Waals surface area contributed by atoms with E-state index in [-0.39, 0.29) is 6.04 Å². The van der Waals surface area contributed by atoms with Gasteiger partial charge in [-0.15, -0.1) is 11.8 Å². The topological polar surface area (TPSA) is 45.8 Å². The highest BCUT2D eigenvalue weighted by atomic mass is 32.2. The molecular weight excluding hydrogens is 402 g/mol. The van der Waals surface area contributed by atoms with Gasteiger partial charge >= 0.3 is 0 Å². The summed E-state index contributed by atoms with van der Waals surface area (Å²) in [6.45, 7) is 4.97. The number of thiocarbonyl (C=S) groups is 1. The van der Waals surface area contributed by atoms with Crippen LogP contribution in [0.1, 0.15) is 11.6 Å². The Morgan fingerprint density at radius 3 is 2.52 bits per heavy atom. The van der Waals surface area contributed by atoms with Gasteiger partial charge < -0.3 is 20.1 Å². The third-order valence-electron chi connectivity index (χ3n) is 4.84. The molecule has 0 saturated carbocycles. The van der Waals surface area contributed by atoms with Gasteiger partial charge in [-0.25, -0.2) is 0 Å². The van der Waals surface area contributed by atoms with Crippen LogP contribution in [0.25, 0.3) is 0 Å². The van der Waals surface area contributed by atoms with Gasteiger partial charge in [-0.3, -0.25) is 4.90 Å². The standard InChI is InChI=1S/C22H29N3O2S2/c1-26-19-9-7-18(8-10-19)21(25-12-14-27-15-13-25)17-24-22(28)23-11-16-29-20-5-3-2-4-6-20/h2-10,21H,11-17H2,1H3,(H2,23,24,28). The SMILES string of the molecule is COc1ccc(C(CNC(=S)NCCSc2ccccc2)N2CCOCC2)cc1. The predicted molar refractivity (Wildman–Crippen MR) is 124 cm³/mol. The molecule has 1 heterocycles. The van der Waals surface area contributed by atoms with Crippen LogP contribution in [0.5, 0.6) is 5.75 Å². The lowest BCUT2D eigenvalue weighted by Gasteiger charge is -2.35. The Hall–Kier alpha value is -1.80. The normalized spacial score (nSPS) is 15.5. The molecule has 0 amide bonds. The van der Waals surface area contributed by atoms with Gasteiger partial charge in [0.2, 0.25) is 0 Å². The molecule has 0 bridgehead atoms. The summed E-state index contributed by atoms with van der Waals surface area (Å²) in [5.74, 6) is 1.84. The van der Waals surface area contributed by atoms with Crippen molar-refractivity contribution in [1.29, 1.82) is 0 Å². The molecule has 2 aromatic carbocycles. The Labute approximate surface area is 183 Å². The van der Waals surface area contributed by atoms with Crippen molar-refractivity contribution in [3.63, 3.8) is 0 Å². The molecule has 1 aliphatic heterocycles. The summed E-state index contributed by atoms with van der Waals surface area (Å²) < 4.78 is 10.8. The van der Waals surface area contributed by atoms with Crippen molar-refractivity contribution in [2.75, 3.05) is 52.3 Å². The first kappa shape index (κ1) is 21.9. The minimum absolute atomic E-state index is 0.239. The molecule has 1 unspecified atom stereocenters. The molecule has 0 aliphatic carbocycles. The Kier molecular flexibility index (Phi) is 9.08. The summed E-state index contributed by atoms with van der Waals surface area (Å²) in [7, 11) is 1.69. The minimum Gasteiger partial charge on any atom is -0.497 e. The molecule has 2 N–H and O–H groups in total. The van der Waals surface area contributed by atoms with Gasteiger partial charge in [0.05, 0.1) is 26.4 Å². The number of nitrogens with one attached hydrogen (secondary N) is 2. The number of ether oxygens (including phenoxy) is 2. The highest BCUT2D eigenvalue weighted by Crippen LogP contribution is 2.23. The number of rotatable bonds is 9. The van der Waals surface area contributed by atoms with E-state index in [0.29, 0.717) is 5.11 Å². The highest BCUT2D eigenvalue weighted by molar-refractivity contribution is 7.99. The first-order chi connectivity index (χ1) is 14.3. The smallest absolute Gasteiger partial charge is 0.166 e. The number of thioether (sulfide) groups is 1. The average Bonchev–Trinajstić information content (AvgIpc) is 2.79. The van der Waals surface area contributed by atoms with Crippen molar-refractivity contribution in [2.45, 2.75) is 10.9 Å². The zero-order valence-corrected chi connectivity index (χ0v) is 18.4. The van der Waals surface area contributed by atoms with E-state index in [2.05, 4.69) is 51.9 Å². The van der Waals surface area contributed by atoms with Crippen molar-refractivity contribution in [2.24, 2.45) is 0 Å². The van der Waals surface area contributed by atoms with Crippen molar-refractivity contribution in [3.8, 4) is 5.75 Å². The van der Waals surface area contributed by atoms with Crippen LogP contribution >= 0.6 is 24.0 Å². The van der Waals surface area contributed by atoms with E-state index in [9.17, 15) is 0 Å². The van der Waals surface area contributed by atoms with Crippen LogP contribution in [0.4, 0.5) is 0 Å². The molecule has 29 heavy (non-hydrogen) atoms. The summed E-state index contributed by atoms with van der Waals surface area (Å²) in [6.07, 6.45) is 0. The maximum atomic E-state index is 5.53. The van der Waals surface area contributed by atoms with Gasteiger partial charge in [-0.2, -0.15) is 0 Å². The zero-order valence-electron chi connectivity index (χ0n) is 16.8. The second-order valence-electron chi connectivity index (χ2n) is 6.74. The molecule has 1 atom stereocenters. The fourth-order valence-corrected chi connectivity index (χ4v) is 4.25. The lowest BCUT2D eigenvalue weighted by atomic mass is 10.0. The highest BCUT2D eigenvalue weighted by Gasteiger charge is 2.22. The fraction of sp³-hybridized carbons (Fsp3) is 0.409. The van der Waals surface area contributed by atoms with Gasteiger partial charge in [0.1, 0.15) is 5.75 Å². The summed E-state index contributed by atoms with van der Waals surface area (Å²) in [4.78, 5) is 3.73. The number of hydrogen-bond donors (Lipinski definition) is 2. The number of benzene rings is 2. The molecule has 0 aromatic heterocycles. The van der Waals surface area contributed by atoms with Crippen LogP contribution in [0, 0.1) is 0 Å². The quantitative estimate of drug-likeness (QED) is 0.359. The maximum absolute atomic E-state index is 5.53.